The monoisotopic (exact) mass is 422 g/mol. The fraction of sp³-hybridized carbons (Fsp3) is 0.524. The summed E-state index contributed by atoms with van der Waals surface area (Å²) in [6.07, 6.45) is -1.69. The summed E-state index contributed by atoms with van der Waals surface area (Å²) in [5.74, 6) is 0.918. The van der Waals surface area contributed by atoms with Crippen LogP contribution in [-0.2, 0) is 17.4 Å². The van der Waals surface area contributed by atoms with Gasteiger partial charge >= 0.3 is 6.18 Å². The van der Waals surface area contributed by atoms with Crippen molar-refractivity contribution in [1.29, 1.82) is 0 Å². The average Bonchev–Trinajstić information content (AvgIpc) is 3.29. The number of ether oxygens (including phenoxy) is 1. The number of amides is 1. The van der Waals surface area contributed by atoms with Crippen LogP contribution in [0.2, 0.25) is 0 Å². The molecule has 0 saturated carbocycles. The molecule has 1 amide bonds. The normalized spacial score (nSPS) is 19.7. The maximum absolute atomic E-state index is 12.6. The topological polar surface area (TPSA) is 61.5 Å². The molecular formula is C21H25F3N4O2. The maximum Gasteiger partial charge on any atom is 0.416 e. The lowest BCUT2D eigenvalue weighted by atomic mass is 10.0. The Morgan fingerprint density at radius 1 is 1.20 bits per heavy atom. The number of aromatic nitrogens is 2. The van der Waals surface area contributed by atoms with Crippen LogP contribution in [0.15, 0.2) is 30.3 Å². The number of nitrogens with one attached hydrogen (secondary N) is 1. The quantitative estimate of drug-likeness (QED) is 0.745. The number of hydrogen-bond acceptors (Lipinski definition) is 4. The molecule has 2 fully saturated rings. The maximum atomic E-state index is 12.6. The molecule has 1 N–H and O–H groups in total. The van der Waals surface area contributed by atoms with E-state index < -0.39 is 11.7 Å². The Kier molecular flexibility index (Phi) is 5.99. The number of hydrogen-bond donors (Lipinski definition) is 1. The van der Waals surface area contributed by atoms with E-state index in [0.29, 0.717) is 31.2 Å². The zero-order chi connectivity index (χ0) is 21.1. The first-order chi connectivity index (χ1) is 14.4. The summed E-state index contributed by atoms with van der Waals surface area (Å²) in [6.45, 7) is 4.30. The van der Waals surface area contributed by atoms with Crippen LogP contribution in [0.3, 0.4) is 0 Å². The third-order valence-electron chi connectivity index (χ3n) is 5.73. The molecule has 2 aliphatic heterocycles. The van der Waals surface area contributed by atoms with Gasteiger partial charge in [-0.1, -0.05) is 0 Å². The van der Waals surface area contributed by atoms with Gasteiger partial charge in [0.15, 0.2) is 0 Å². The molecular weight excluding hydrogens is 397 g/mol. The van der Waals surface area contributed by atoms with E-state index in [9.17, 15) is 18.0 Å². The fourth-order valence-corrected chi connectivity index (χ4v) is 3.81. The molecule has 0 bridgehead atoms. The van der Waals surface area contributed by atoms with E-state index in [0.717, 1.165) is 62.5 Å². The van der Waals surface area contributed by atoms with Crippen molar-refractivity contribution in [3.8, 4) is 5.75 Å². The van der Waals surface area contributed by atoms with E-state index in [2.05, 4.69) is 15.1 Å². The summed E-state index contributed by atoms with van der Waals surface area (Å²) in [6, 6.07) is 6.71. The minimum absolute atomic E-state index is 0.213. The number of benzene rings is 1. The SMILES string of the molecule is O=C(CN1CC[C@@H](c2cc(CCOc3ccc(C(F)(F)F)cc3)[nH]n2)C1)N1CCC1. The summed E-state index contributed by atoms with van der Waals surface area (Å²) >= 11 is 0. The molecule has 162 valence electrons. The lowest BCUT2D eigenvalue weighted by molar-refractivity contribution is -0.137. The van der Waals surface area contributed by atoms with E-state index >= 15 is 0 Å². The summed E-state index contributed by atoms with van der Waals surface area (Å²) in [7, 11) is 0. The molecule has 3 heterocycles. The van der Waals surface area contributed by atoms with Crippen molar-refractivity contribution in [3.63, 3.8) is 0 Å². The smallest absolute Gasteiger partial charge is 0.416 e. The molecule has 30 heavy (non-hydrogen) atoms. The van der Waals surface area contributed by atoms with Crippen molar-refractivity contribution in [3.05, 3.63) is 47.3 Å². The summed E-state index contributed by atoms with van der Waals surface area (Å²) < 4.78 is 43.3. The summed E-state index contributed by atoms with van der Waals surface area (Å²) in [5.41, 5.74) is 1.22. The van der Waals surface area contributed by atoms with Crippen molar-refractivity contribution < 1.29 is 22.7 Å². The Hall–Kier alpha value is -2.55. The van der Waals surface area contributed by atoms with Crippen molar-refractivity contribution in [2.24, 2.45) is 0 Å². The summed E-state index contributed by atoms with van der Waals surface area (Å²) in [5, 5.41) is 7.43. The summed E-state index contributed by atoms with van der Waals surface area (Å²) in [4.78, 5) is 16.2. The van der Waals surface area contributed by atoms with Gasteiger partial charge in [-0.3, -0.25) is 14.8 Å². The minimum Gasteiger partial charge on any atom is -0.493 e. The van der Waals surface area contributed by atoms with E-state index in [4.69, 9.17) is 4.74 Å². The fourth-order valence-electron chi connectivity index (χ4n) is 3.81. The number of alkyl halides is 3. The van der Waals surface area contributed by atoms with Crippen molar-refractivity contribution in [2.75, 3.05) is 39.3 Å². The van der Waals surface area contributed by atoms with Crippen LogP contribution < -0.4 is 4.74 Å². The van der Waals surface area contributed by atoms with Gasteiger partial charge in [0, 0.05) is 37.7 Å². The highest BCUT2D eigenvalue weighted by atomic mass is 19.4. The van der Waals surface area contributed by atoms with Crippen LogP contribution in [0.1, 0.15) is 35.7 Å². The molecule has 0 radical (unpaired) electrons. The second kappa shape index (κ2) is 8.67. The molecule has 4 rings (SSSR count). The molecule has 6 nitrogen and oxygen atoms in total. The van der Waals surface area contributed by atoms with Gasteiger partial charge in [0.2, 0.25) is 5.91 Å². The first kappa shape index (κ1) is 20.7. The first-order valence-electron chi connectivity index (χ1n) is 10.2. The first-order valence-corrected chi connectivity index (χ1v) is 10.2. The van der Waals surface area contributed by atoms with E-state index in [1.54, 1.807) is 0 Å². The number of carbonyl (C=O) groups excluding carboxylic acids is 1. The van der Waals surface area contributed by atoms with Gasteiger partial charge < -0.3 is 9.64 Å². The molecule has 1 aromatic carbocycles. The second-order valence-electron chi connectivity index (χ2n) is 7.89. The van der Waals surface area contributed by atoms with Crippen LogP contribution in [0.4, 0.5) is 13.2 Å². The number of H-pyrrole nitrogens is 1. The Morgan fingerprint density at radius 2 is 1.97 bits per heavy atom. The number of likely N-dealkylation sites (tertiary alicyclic amines) is 2. The van der Waals surface area contributed by atoms with Crippen molar-refractivity contribution in [2.45, 2.75) is 31.4 Å². The van der Waals surface area contributed by atoms with Crippen LogP contribution in [0.25, 0.3) is 0 Å². The highest BCUT2D eigenvalue weighted by Gasteiger charge is 2.30. The molecule has 0 aliphatic carbocycles. The molecule has 0 unspecified atom stereocenters. The van der Waals surface area contributed by atoms with Crippen molar-refractivity contribution >= 4 is 5.91 Å². The van der Waals surface area contributed by atoms with E-state index in [1.165, 1.54) is 12.1 Å². The predicted molar refractivity (Wildman–Crippen MR) is 104 cm³/mol. The van der Waals surface area contributed by atoms with Gasteiger partial charge in [0.25, 0.3) is 0 Å². The number of aromatic amines is 1. The highest BCUT2D eigenvalue weighted by molar-refractivity contribution is 5.79. The molecule has 0 spiro atoms. The van der Waals surface area contributed by atoms with Gasteiger partial charge in [-0.25, -0.2) is 0 Å². The Balaban J connectivity index is 1.22. The van der Waals surface area contributed by atoms with Gasteiger partial charge in [-0.2, -0.15) is 18.3 Å². The third-order valence-corrected chi connectivity index (χ3v) is 5.73. The van der Waals surface area contributed by atoms with Crippen LogP contribution in [0, 0.1) is 0 Å². The van der Waals surface area contributed by atoms with E-state index in [1.807, 2.05) is 11.0 Å². The van der Waals surface area contributed by atoms with Crippen molar-refractivity contribution in [1.82, 2.24) is 20.0 Å². The Morgan fingerprint density at radius 3 is 2.63 bits per heavy atom. The number of halogens is 3. The standard InChI is InChI=1S/C21H25F3N4O2/c22-21(23,24)16-2-4-18(5-3-16)30-11-7-17-12-19(26-25-17)15-6-10-27(13-15)14-20(29)28-8-1-9-28/h2-5,12,15H,1,6-11,13-14H2,(H,25,26)/t15-/m1/s1. The van der Waals surface area contributed by atoms with Gasteiger partial charge in [0.1, 0.15) is 5.75 Å². The second-order valence-corrected chi connectivity index (χ2v) is 7.89. The van der Waals surface area contributed by atoms with E-state index in [-0.39, 0.29) is 5.91 Å². The number of nitrogens with zero attached hydrogens (tertiary/aromatic N) is 3. The number of carbonyl (C=O) groups is 1. The molecule has 9 heteroatoms. The van der Waals surface area contributed by atoms with Gasteiger partial charge in [-0.05, 0) is 49.7 Å². The average molecular weight is 422 g/mol. The van der Waals surface area contributed by atoms with Gasteiger partial charge in [0.05, 0.1) is 24.4 Å². The predicted octanol–water partition coefficient (Wildman–Crippen LogP) is 3.07. The molecule has 2 aromatic rings. The zero-order valence-corrected chi connectivity index (χ0v) is 16.6. The Labute approximate surface area is 173 Å². The zero-order valence-electron chi connectivity index (χ0n) is 16.6. The highest BCUT2D eigenvalue weighted by Crippen LogP contribution is 2.30. The Bertz CT molecular complexity index is 862. The van der Waals surface area contributed by atoms with Crippen LogP contribution in [-0.4, -0.2) is 65.2 Å². The lowest BCUT2D eigenvalue weighted by Crippen LogP contribution is -2.46. The van der Waals surface area contributed by atoms with Gasteiger partial charge in [-0.15, -0.1) is 0 Å². The minimum atomic E-state index is -4.34. The van der Waals surface area contributed by atoms with Crippen LogP contribution >= 0.6 is 0 Å². The molecule has 1 atom stereocenters. The largest absolute Gasteiger partial charge is 0.493 e. The molecule has 1 aromatic heterocycles. The van der Waals surface area contributed by atoms with Crippen LogP contribution in [0.5, 0.6) is 5.75 Å². The lowest BCUT2D eigenvalue weighted by Gasteiger charge is -2.32. The number of rotatable bonds is 7. The third kappa shape index (κ3) is 4.95. The molecule has 2 saturated heterocycles. The molecule has 2 aliphatic rings.